The van der Waals surface area contributed by atoms with E-state index in [4.69, 9.17) is 9.26 Å². The number of hydrogen-bond donors (Lipinski definition) is 4. The fourth-order valence-corrected chi connectivity index (χ4v) is 5.07. The van der Waals surface area contributed by atoms with Gasteiger partial charge in [0.05, 0.1) is 18.8 Å². The molecule has 166 valence electrons. The van der Waals surface area contributed by atoms with E-state index in [1.54, 1.807) is 37.4 Å². The van der Waals surface area contributed by atoms with Gasteiger partial charge in [-0.15, -0.1) is 0 Å². The van der Waals surface area contributed by atoms with E-state index in [0.29, 0.717) is 36.3 Å². The Morgan fingerprint density at radius 3 is 2.81 bits per heavy atom. The SMILES string of the molecule is COC(=O)C(C)NP(=O)(CCCNCc1c[nH]c2c(O)ncnc12)Oc1ccccc1. The van der Waals surface area contributed by atoms with Crippen LogP contribution < -0.4 is 14.9 Å². The van der Waals surface area contributed by atoms with Crippen molar-refractivity contribution >= 4 is 24.5 Å². The number of nitrogens with zero attached hydrogens (tertiary/aromatic N) is 2. The minimum Gasteiger partial charge on any atom is -0.492 e. The summed E-state index contributed by atoms with van der Waals surface area (Å²) in [6.07, 6.45) is 3.82. The molecule has 10 nitrogen and oxygen atoms in total. The van der Waals surface area contributed by atoms with Gasteiger partial charge in [-0.1, -0.05) is 18.2 Å². The molecule has 2 heterocycles. The molecule has 1 aromatic carbocycles. The van der Waals surface area contributed by atoms with Gasteiger partial charge in [-0.25, -0.2) is 15.1 Å². The Labute approximate surface area is 179 Å². The van der Waals surface area contributed by atoms with Gasteiger partial charge in [-0.05, 0) is 32.0 Å². The highest BCUT2D eigenvalue weighted by Gasteiger charge is 2.29. The zero-order valence-electron chi connectivity index (χ0n) is 17.4. The van der Waals surface area contributed by atoms with Crippen molar-refractivity contribution in [3.05, 3.63) is 48.4 Å². The monoisotopic (exact) mass is 447 g/mol. The number of aromatic amines is 1. The minimum absolute atomic E-state index is 0.0963. The number of para-hydroxylation sites is 1. The number of carbonyl (C=O) groups excluding carboxylic acids is 1. The van der Waals surface area contributed by atoms with Crippen molar-refractivity contribution in [2.24, 2.45) is 0 Å². The van der Waals surface area contributed by atoms with Crippen molar-refractivity contribution in [3.8, 4) is 11.6 Å². The predicted molar refractivity (Wildman–Crippen MR) is 116 cm³/mol. The van der Waals surface area contributed by atoms with Gasteiger partial charge in [-0.3, -0.25) is 9.36 Å². The molecule has 2 unspecified atom stereocenters. The van der Waals surface area contributed by atoms with Crippen molar-refractivity contribution in [2.45, 2.75) is 25.9 Å². The third-order valence-corrected chi connectivity index (χ3v) is 6.78. The van der Waals surface area contributed by atoms with E-state index in [1.165, 1.54) is 13.4 Å². The second-order valence-corrected chi connectivity index (χ2v) is 9.18. The zero-order valence-corrected chi connectivity index (χ0v) is 18.3. The molecule has 0 radical (unpaired) electrons. The number of nitrogens with one attached hydrogen (secondary N) is 3. The third-order valence-electron chi connectivity index (χ3n) is 4.58. The summed E-state index contributed by atoms with van der Waals surface area (Å²) in [5.41, 5.74) is 2.02. The van der Waals surface area contributed by atoms with Crippen LogP contribution in [-0.2, 0) is 20.6 Å². The molecule has 0 bridgehead atoms. The van der Waals surface area contributed by atoms with Gasteiger partial charge in [0.1, 0.15) is 23.6 Å². The van der Waals surface area contributed by atoms with Crippen LogP contribution in [0.1, 0.15) is 18.9 Å². The first-order chi connectivity index (χ1) is 14.9. The summed E-state index contributed by atoms with van der Waals surface area (Å²) in [5, 5.41) is 15.8. The summed E-state index contributed by atoms with van der Waals surface area (Å²) >= 11 is 0. The van der Waals surface area contributed by atoms with Crippen LogP contribution in [0.3, 0.4) is 0 Å². The smallest absolute Gasteiger partial charge is 0.323 e. The van der Waals surface area contributed by atoms with Crippen molar-refractivity contribution in [1.82, 2.24) is 25.4 Å². The van der Waals surface area contributed by atoms with E-state index in [-0.39, 0.29) is 12.0 Å². The van der Waals surface area contributed by atoms with Crippen LogP contribution in [0.2, 0.25) is 0 Å². The molecule has 0 aliphatic rings. The molecule has 31 heavy (non-hydrogen) atoms. The molecule has 3 aromatic rings. The van der Waals surface area contributed by atoms with Crippen LogP contribution >= 0.6 is 7.52 Å². The maximum atomic E-state index is 13.4. The maximum absolute atomic E-state index is 13.4. The summed E-state index contributed by atoms with van der Waals surface area (Å²) in [7, 11) is -2.08. The second kappa shape index (κ2) is 10.4. The van der Waals surface area contributed by atoms with E-state index in [9.17, 15) is 14.5 Å². The number of ether oxygens (including phenoxy) is 1. The Morgan fingerprint density at radius 2 is 2.06 bits per heavy atom. The standard InChI is InChI=1S/C20H26N5O5P/c1-14(20(27)29-2)25-31(28,30-16-7-4-3-5-8-16)10-6-9-21-11-15-12-22-18-17(15)23-13-24-19(18)26/h3-5,7-8,12-14,21-22H,6,9-11H2,1-2H3,(H,25,28)(H,23,24,26). The second-order valence-electron chi connectivity index (χ2n) is 6.94. The van der Waals surface area contributed by atoms with E-state index < -0.39 is 19.5 Å². The Morgan fingerprint density at radius 1 is 1.29 bits per heavy atom. The fourth-order valence-electron chi connectivity index (χ4n) is 3.06. The van der Waals surface area contributed by atoms with Gasteiger partial charge in [0.15, 0.2) is 0 Å². The van der Waals surface area contributed by atoms with Gasteiger partial charge in [-0.2, -0.15) is 0 Å². The average Bonchev–Trinajstić information content (AvgIpc) is 3.18. The topological polar surface area (TPSA) is 138 Å². The average molecular weight is 447 g/mol. The minimum atomic E-state index is -3.36. The van der Waals surface area contributed by atoms with Gasteiger partial charge in [0.2, 0.25) is 5.88 Å². The van der Waals surface area contributed by atoms with Crippen LogP contribution in [0.15, 0.2) is 42.9 Å². The number of fused-ring (bicyclic) bond motifs is 1. The van der Waals surface area contributed by atoms with Crippen molar-refractivity contribution in [2.75, 3.05) is 19.8 Å². The number of rotatable bonds is 11. The first-order valence-electron chi connectivity index (χ1n) is 9.82. The van der Waals surface area contributed by atoms with Crippen LogP contribution in [0.4, 0.5) is 0 Å². The molecule has 0 amide bonds. The van der Waals surface area contributed by atoms with Crippen LogP contribution in [0.25, 0.3) is 11.0 Å². The molecule has 11 heteroatoms. The number of hydrogen-bond acceptors (Lipinski definition) is 8. The molecule has 0 spiro atoms. The highest BCUT2D eigenvalue weighted by Crippen LogP contribution is 2.44. The maximum Gasteiger partial charge on any atom is 0.323 e. The molecule has 0 saturated heterocycles. The van der Waals surface area contributed by atoms with Crippen molar-refractivity contribution < 1.29 is 23.7 Å². The number of esters is 1. The lowest BCUT2D eigenvalue weighted by Crippen LogP contribution is -2.35. The number of methoxy groups -OCH3 is 1. The van der Waals surface area contributed by atoms with Crippen molar-refractivity contribution in [3.63, 3.8) is 0 Å². The number of carbonyl (C=O) groups is 1. The molecule has 0 saturated carbocycles. The Kier molecular flexibility index (Phi) is 7.62. The molecular weight excluding hydrogens is 421 g/mol. The Hall–Kier alpha value is -2.94. The first kappa shape index (κ1) is 22.7. The fraction of sp³-hybridized carbons (Fsp3) is 0.350. The summed E-state index contributed by atoms with van der Waals surface area (Å²) in [5.74, 6) is -0.151. The predicted octanol–water partition coefficient (Wildman–Crippen LogP) is 2.57. The van der Waals surface area contributed by atoms with Gasteiger partial charge in [0.25, 0.3) is 0 Å². The number of aromatic hydroxyl groups is 1. The summed E-state index contributed by atoms with van der Waals surface area (Å²) in [4.78, 5) is 22.7. The highest BCUT2D eigenvalue weighted by atomic mass is 31.2. The first-order valence-corrected chi connectivity index (χ1v) is 11.6. The number of H-pyrrole nitrogens is 1. The lowest BCUT2D eigenvalue weighted by atomic mass is 10.3. The molecule has 0 fully saturated rings. The van der Waals surface area contributed by atoms with E-state index in [2.05, 4.69) is 25.4 Å². The van der Waals surface area contributed by atoms with Crippen LogP contribution in [0, 0.1) is 0 Å². The molecule has 2 atom stereocenters. The zero-order chi connectivity index (χ0) is 22.3. The molecule has 4 N–H and O–H groups in total. The third kappa shape index (κ3) is 6.04. The highest BCUT2D eigenvalue weighted by molar-refractivity contribution is 7.57. The largest absolute Gasteiger partial charge is 0.492 e. The molecular formula is C20H26N5O5P. The molecule has 2 aromatic heterocycles. The van der Waals surface area contributed by atoms with Crippen LogP contribution in [0.5, 0.6) is 11.6 Å². The summed E-state index contributed by atoms with van der Waals surface area (Å²) in [6, 6.07) is 8.06. The lowest BCUT2D eigenvalue weighted by molar-refractivity contribution is -0.142. The van der Waals surface area contributed by atoms with Crippen molar-refractivity contribution in [1.29, 1.82) is 0 Å². The summed E-state index contributed by atoms with van der Waals surface area (Å²) < 4.78 is 23.9. The number of aromatic nitrogens is 3. The molecule has 3 rings (SSSR count). The summed E-state index contributed by atoms with van der Waals surface area (Å²) in [6.45, 7) is 2.64. The molecule has 0 aliphatic carbocycles. The van der Waals surface area contributed by atoms with Gasteiger partial charge >= 0.3 is 13.5 Å². The normalized spacial score (nSPS) is 14.1. The molecule has 0 aliphatic heterocycles. The quantitative estimate of drug-likeness (QED) is 0.198. The van der Waals surface area contributed by atoms with Gasteiger partial charge in [0, 0.05) is 18.3 Å². The van der Waals surface area contributed by atoms with Gasteiger partial charge < -0.3 is 24.7 Å². The van der Waals surface area contributed by atoms with E-state index in [0.717, 1.165) is 5.56 Å². The van der Waals surface area contributed by atoms with E-state index in [1.807, 2.05) is 6.07 Å². The Bertz CT molecular complexity index is 1060. The van der Waals surface area contributed by atoms with E-state index >= 15 is 0 Å². The Balaban J connectivity index is 1.57. The van der Waals surface area contributed by atoms with Crippen LogP contribution in [-0.4, -0.2) is 51.9 Å². The number of benzene rings is 1. The lowest BCUT2D eigenvalue weighted by Gasteiger charge is -2.23.